The van der Waals surface area contributed by atoms with Crippen LogP contribution in [0.3, 0.4) is 0 Å². The van der Waals surface area contributed by atoms with Crippen molar-refractivity contribution in [3.63, 3.8) is 0 Å². The monoisotopic (exact) mass is 292 g/mol. The normalized spacial score (nSPS) is 11.0. The zero-order valence-corrected chi connectivity index (χ0v) is 12.9. The molecule has 1 aromatic carbocycles. The number of nitrogens with one attached hydrogen (secondary N) is 1. The van der Waals surface area contributed by atoms with Crippen molar-refractivity contribution in [3.8, 4) is 0 Å². The van der Waals surface area contributed by atoms with Crippen molar-refractivity contribution >= 4 is 17.7 Å². The molecule has 0 radical (unpaired) electrons. The fourth-order valence-electron chi connectivity index (χ4n) is 1.80. The topological polar surface area (TPSA) is 69.6 Å². The van der Waals surface area contributed by atoms with E-state index < -0.39 is 5.97 Å². The van der Waals surface area contributed by atoms with E-state index in [0.29, 0.717) is 12.2 Å². The van der Waals surface area contributed by atoms with E-state index >= 15 is 0 Å². The molecule has 0 atom stereocenters. The van der Waals surface area contributed by atoms with Gasteiger partial charge in [-0.05, 0) is 24.0 Å². The molecule has 0 saturated carbocycles. The molecule has 0 fully saturated rings. The van der Waals surface area contributed by atoms with E-state index in [0.717, 1.165) is 6.42 Å². The van der Waals surface area contributed by atoms with E-state index in [-0.39, 0.29) is 24.4 Å². The maximum absolute atomic E-state index is 12.3. The van der Waals surface area contributed by atoms with Gasteiger partial charge in [-0.3, -0.25) is 9.69 Å². The first-order valence-corrected chi connectivity index (χ1v) is 7.12. The highest BCUT2D eigenvalue weighted by molar-refractivity contribution is 5.92. The summed E-state index contributed by atoms with van der Waals surface area (Å²) in [5, 5.41) is 11.7. The number of para-hydroxylation sites is 1. The summed E-state index contributed by atoms with van der Waals surface area (Å²) in [6.45, 7) is 7.05. The molecular formula is C16H24N2O3. The van der Waals surface area contributed by atoms with Crippen molar-refractivity contribution in [3.05, 3.63) is 30.3 Å². The minimum absolute atomic E-state index is 0.0818. The molecule has 2 N–H and O–H groups in total. The lowest BCUT2D eigenvalue weighted by Crippen LogP contribution is -2.42. The predicted molar refractivity (Wildman–Crippen MR) is 83.5 cm³/mol. The van der Waals surface area contributed by atoms with Gasteiger partial charge in [0, 0.05) is 18.8 Å². The lowest BCUT2D eigenvalue weighted by atomic mass is 9.92. The Morgan fingerprint density at radius 3 is 2.33 bits per heavy atom. The molecule has 0 aliphatic rings. The number of aliphatic carboxylic acids is 1. The minimum atomic E-state index is -0.918. The number of anilines is 1. The summed E-state index contributed by atoms with van der Waals surface area (Å²) in [5.74, 6) is -0.918. The van der Waals surface area contributed by atoms with E-state index in [1.165, 1.54) is 4.90 Å². The number of benzene rings is 1. The van der Waals surface area contributed by atoms with Crippen LogP contribution in [-0.4, -0.2) is 30.2 Å². The number of carbonyl (C=O) groups is 2. The number of carbonyl (C=O) groups excluding carboxylic acids is 1. The smallest absolute Gasteiger partial charge is 0.321 e. The van der Waals surface area contributed by atoms with Crippen molar-refractivity contribution in [1.82, 2.24) is 5.32 Å². The summed E-state index contributed by atoms with van der Waals surface area (Å²) < 4.78 is 0. The Morgan fingerprint density at radius 2 is 1.81 bits per heavy atom. The van der Waals surface area contributed by atoms with Crippen molar-refractivity contribution in [2.75, 3.05) is 18.0 Å². The van der Waals surface area contributed by atoms with Gasteiger partial charge < -0.3 is 10.4 Å². The first-order chi connectivity index (χ1) is 9.79. The number of amides is 2. The highest BCUT2D eigenvalue weighted by Crippen LogP contribution is 2.18. The summed E-state index contributed by atoms with van der Waals surface area (Å²) in [6, 6.07) is 8.84. The van der Waals surface area contributed by atoms with E-state index in [2.05, 4.69) is 26.1 Å². The van der Waals surface area contributed by atoms with Gasteiger partial charge in [0.1, 0.15) is 0 Å². The van der Waals surface area contributed by atoms with Crippen LogP contribution in [-0.2, 0) is 4.79 Å². The van der Waals surface area contributed by atoms with Crippen LogP contribution in [0.2, 0.25) is 0 Å². The Labute approximate surface area is 126 Å². The minimum Gasteiger partial charge on any atom is -0.481 e. The van der Waals surface area contributed by atoms with Crippen molar-refractivity contribution < 1.29 is 14.7 Å². The third-order valence-corrected chi connectivity index (χ3v) is 3.01. The molecule has 1 rings (SSSR count). The number of hydrogen-bond acceptors (Lipinski definition) is 2. The van der Waals surface area contributed by atoms with Gasteiger partial charge in [-0.1, -0.05) is 39.0 Å². The van der Waals surface area contributed by atoms with Crippen molar-refractivity contribution in [1.29, 1.82) is 0 Å². The van der Waals surface area contributed by atoms with Gasteiger partial charge in [-0.25, -0.2) is 4.79 Å². The van der Waals surface area contributed by atoms with Crippen LogP contribution < -0.4 is 10.2 Å². The zero-order valence-electron chi connectivity index (χ0n) is 12.9. The van der Waals surface area contributed by atoms with E-state index in [1.54, 1.807) is 12.1 Å². The first kappa shape index (κ1) is 17.0. The van der Waals surface area contributed by atoms with Gasteiger partial charge in [0.15, 0.2) is 0 Å². The fraction of sp³-hybridized carbons (Fsp3) is 0.500. The molecule has 1 aromatic rings. The van der Waals surface area contributed by atoms with Crippen LogP contribution in [0.1, 0.15) is 33.6 Å². The van der Waals surface area contributed by atoms with Crippen LogP contribution in [0.4, 0.5) is 10.5 Å². The summed E-state index contributed by atoms with van der Waals surface area (Å²) in [4.78, 5) is 24.5. The van der Waals surface area contributed by atoms with Gasteiger partial charge in [-0.15, -0.1) is 0 Å². The number of urea groups is 1. The van der Waals surface area contributed by atoms with Crippen molar-refractivity contribution in [2.45, 2.75) is 33.6 Å². The quantitative estimate of drug-likeness (QED) is 0.846. The summed E-state index contributed by atoms with van der Waals surface area (Å²) in [7, 11) is 0. The number of nitrogens with zero attached hydrogens (tertiary/aromatic N) is 1. The molecule has 2 amide bonds. The van der Waals surface area contributed by atoms with Gasteiger partial charge in [-0.2, -0.15) is 0 Å². The second-order valence-corrected chi connectivity index (χ2v) is 6.17. The maximum Gasteiger partial charge on any atom is 0.321 e. The first-order valence-electron chi connectivity index (χ1n) is 7.12. The largest absolute Gasteiger partial charge is 0.481 e. The number of hydrogen-bond donors (Lipinski definition) is 2. The fourth-order valence-corrected chi connectivity index (χ4v) is 1.80. The average molecular weight is 292 g/mol. The lowest BCUT2D eigenvalue weighted by Gasteiger charge is -2.24. The Bertz CT molecular complexity index is 466. The molecule has 0 aliphatic heterocycles. The Hall–Kier alpha value is -2.04. The molecule has 0 spiro atoms. The Kier molecular flexibility index (Phi) is 6.21. The van der Waals surface area contributed by atoms with Crippen LogP contribution in [0.15, 0.2) is 30.3 Å². The van der Waals surface area contributed by atoms with Gasteiger partial charge in [0.25, 0.3) is 0 Å². The molecule has 0 aromatic heterocycles. The molecule has 0 saturated heterocycles. The maximum atomic E-state index is 12.3. The number of carboxylic acid groups (broad SMARTS) is 1. The Balaban J connectivity index is 2.67. The van der Waals surface area contributed by atoms with E-state index in [1.807, 2.05) is 18.2 Å². The molecule has 0 aliphatic carbocycles. The third kappa shape index (κ3) is 6.79. The predicted octanol–water partition coefficient (Wildman–Crippen LogP) is 3.11. The molecule has 0 heterocycles. The molecular weight excluding hydrogens is 268 g/mol. The lowest BCUT2D eigenvalue weighted by molar-refractivity contribution is -0.136. The molecule has 0 unspecified atom stereocenters. The van der Waals surface area contributed by atoms with Crippen LogP contribution in [0, 0.1) is 5.41 Å². The number of carboxylic acids is 1. The zero-order chi connectivity index (χ0) is 15.9. The molecule has 5 heteroatoms. The van der Waals surface area contributed by atoms with Gasteiger partial charge in [0.05, 0.1) is 6.42 Å². The molecule has 0 bridgehead atoms. The van der Waals surface area contributed by atoms with Crippen LogP contribution >= 0.6 is 0 Å². The SMILES string of the molecule is CC(C)(C)CCNC(=O)N(CCC(=O)O)c1ccccc1. The second-order valence-electron chi connectivity index (χ2n) is 6.17. The summed E-state index contributed by atoms with van der Waals surface area (Å²) in [6.07, 6.45) is 0.780. The highest BCUT2D eigenvalue weighted by Gasteiger charge is 2.17. The molecule has 21 heavy (non-hydrogen) atoms. The van der Waals surface area contributed by atoms with Gasteiger partial charge in [0.2, 0.25) is 0 Å². The molecule has 5 nitrogen and oxygen atoms in total. The summed E-state index contributed by atoms with van der Waals surface area (Å²) in [5.41, 5.74) is 0.846. The van der Waals surface area contributed by atoms with E-state index in [9.17, 15) is 9.59 Å². The van der Waals surface area contributed by atoms with Crippen LogP contribution in [0.25, 0.3) is 0 Å². The second kappa shape index (κ2) is 7.67. The van der Waals surface area contributed by atoms with Crippen LogP contribution in [0.5, 0.6) is 0 Å². The number of rotatable bonds is 6. The third-order valence-electron chi connectivity index (χ3n) is 3.01. The summed E-state index contributed by atoms with van der Waals surface area (Å²) >= 11 is 0. The highest BCUT2D eigenvalue weighted by atomic mass is 16.4. The standard InChI is InChI=1S/C16H24N2O3/c1-16(2,3)10-11-17-15(21)18(12-9-14(19)20)13-7-5-4-6-8-13/h4-8H,9-12H2,1-3H3,(H,17,21)(H,19,20). The van der Waals surface area contributed by atoms with Gasteiger partial charge >= 0.3 is 12.0 Å². The van der Waals surface area contributed by atoms with Crippen molar-refractivity contribution in [2.24, 2.45) is 5.41 Å². The van der Waals surface area contributed by atoms with E-state index in [4.69, 9.17) is 5.11 Å². The average Bonchev–Trinajstić information content (AvgIpc) is 2.38. The Morgan fingerprint density at radius 1 is 1.19 bits per heavy atom. The molecule has 116 valence electrons.